The van der Waals surface area contributed by atoms with Gasteiger partial charge in [-0.25, -0.2) is 0 Å². The van der Waals surface area contributed by atoms with E-state index < -0.39 is 0 Å². The molecule has 0 unspecified atom stereocenters. The molecular formula is C14H18N2OS. The van der Waals surface area contributed by atoms with Crippen molar-refractivity contribution in [2.24, 2.45) is 5.41 Å². The molecule has 96 valence electrons. The Morgan fingerprint density at radius 3 is 3.00 bits per heavy atom. The molecule has 1 aliphatic carbocycles. The van der Waals surface area contributed by atoms with E-state index in [0.717, 1.165) is 25.1 Å². The number of fused-ring (bicyclic) bond motifs is 1. The van der Waals surface area contributed by atoms with Crippen LogP contribution in [0.5, 0.6) is 0 Å². The van der Waals surface area contributed by atoms with Gasteiger partial charge in [0, 0.05) is 25.6 Å². The van der Waals surface area contributed by atoms with E-state index >= 15 is 0 Å². The molecule has 0 spiro atoms. The second-order valence-electron chi connectivity index (χ2n) is 5.13. The second-order valence-corrected chi connectivity index (χ2v) is 5.90. The summed E-state index contributed by atoms with van der Waals surface area (Å²) in [7, 11) is 1.78. The van der Waals surface area contributed by atoms with Gasteiger partial charge in [0.15, 0.2) is 0 Å². The van der Waals surface area contributed by atoms with Crippen molar-refractivity contribution >= 4 is 27.4 Å². The largest absolute Gasteiger partial charge is 0.385 e. The summed E-state index contributed by atoms with van der Waals surface area (Å²) >= 11 is 1.56. The smallest absolute Gasteiger partial charge is 0.117 e. The molecule has 0 saturated heterocycles. The monoisotopic (exact) mass is 262 g/mol. The Morgan fingerprint density at radius 1 is 1.39 bits per heavy atom. The lowest BCUT2D eigenvalue weighted by atomic mass is 10.0. The minimum atomic E-state index is 0.473. The molecule has 1 N–H and O–H groups in total. The van der Waals surface area contributed by atoms with E-state index in [1.807, 2.05) is 6.07 Å². The van der Waals surface area contributed by atoms with Crippen molar-refractivity contribution in [1.82, 2.24) is 4.37 Å². The first-order chi connectivity index (χ1) is 8.83. The van der Waals surface area contributed by atoms with Gasteiger partial charge in [0.05, 0.1) is 5.52 Å². The van der Waals surface area contributed by atoms with Crippen molar-refractivity contribution < 1.29 is 4.74 Å². The van der Waals surface area contributed by atoms with Gasteiger partial charge < -0.3 is 10.1 Å². The molecule has 3 rings (SSSR count). The number of benzene rings is 1. The lowest BCUT2D eigenvalue weighted by Crippen LogP contribution is -2.16. The Kier molecular flexibility index (Phi) is 3.22. The van der Waals surface area contributed by atoms with Crippen LogP contribution in [0.25, 0.3) is 10.9 Å². The molecular weight excluding hydrogens is 244 g/mol. The van der Waals surface area contributed by atoms with Crippen LogP contribution in [0.3, 0.4) is 0 Å². The molecule has 4 heteroatoms. The van der Waals surface area contributed by atoms with Gasteiger partial charge in [-0.05, 0) is 48.3 Å². The quantitative estimate of drug-likeness (QED) is 0.865. The van der Waals surface area contributed by atoms with Crippen molar-refractivity contribution in [2.45, 2.75) is 19.3 Å². The highest BCUT2D eigenvalue weighted by molar-refractivity contribution is 7.11. The molecule has 18 heavy (non-hydrogen) atoms. The molecule has 0 amide bonds. The van der Waals surface area contributed by atoms with Crippen molar-refractivity contribution in [3.63, 3.8) is 0 Å². The zero-order valence-corrected chi connectivity index (χ0v) is 11.4. The fraction of sp³-hybridized carbons (Fsp3) is 0.500. The van der Waals surface area contributed by atoms with E-state index in [0.29, 0.717) is 5.41 Å². The van der Waals surface area contributed by atoms with Crippen LogP contribution >= 0.6 is 11.5 Å². The number of ether oxygens (including phenoxy) is 1. The maximum Gasteiger partial charge on any atom is 0.117 e. The van der Waals surface area contributed by atoms with Gasteiger partial charge in [-0.1, -0.05) is 12.1 Å². The SMILES string of the molecule is COCCC1(CNc2snc3ccccc23)CC1. The van der Waals surface area contributed by atoms with Crippen molar-refractivity contribution in [1.29, 1.82) is 0 Å². The van der Waals surface area contributed by atoms with E-state index in [1.165, 1.54) is 23.2 Å². The molecule has 1 aliphatic rings. The summed E-state index contributed by atoms with van der Waals surface area (Å²) in [6.07, 6.45) is 3.80. The summed E-state index contributed by atoms with van der Waals surface area (Å²) in [5.41, 5.74) is 1.56. The molecule has 1 heterocycles. The van der Waals surface area contributed by atoms with Crippen LogP contribution in [-0.4, -0.2) is 24.6 Å². The molecule has 0 bridgehead atoms. The molecule has 3 nitrogen and oxygen atoms in total. The zero-order chi connectivity index (χ0) is 12.4. The van der Waals surface area contributed by atoms with Gasteiger partial charge in [0.25, 0.3) is 0 Å². The first-order valence-electron chi connectivity index (χ1n) is 6.40. The van der Waals surface area contributed by atoms with Crippen LogP contribution in [0.4, 0.5) is 5.00 Å². The van der Waals surface area contributed by atoms with Gasteiger partial charge in [-0.15, -0.1) is 0 Å². The van der Waals surface area contributed by atoms with Crippen LogP contribution in [0.1, 0.15) is 19.3 Å². The minimum Gasteiger partial charge on any atom is -0.385 e. The summed E-state index contributed by atoms with van der Waals surface area (Å²) in [6.45, 7) is 1.91. The number of anilines is 1. The van der Waals surface area contributed by atoms with Gasteiger partial charge in [0.2, 0.25) is 0 Å². The first kappa shape index (κ1) is 11.9. The van der Waals surface area contributed by atoms with E-state index in [2.05, 4.69) is 27.9 Å². The number of aromatic nitrogens is 1. The van der Waals surface area contributed by atoms with Crippen molar-refractivity contribution in [2.75, 3.05) is 25.6 Å². The molecule has 0 radical (unpaired) electrons. The summed E-state index contributed by atoms with van der Waals surface area (Å²) in [5, 5.41) is 6.02. The van der Waals surface area contributed by atoms with Crippen molar-refractivity contribution in [3.05, 3.63) is 24.3 Å². The number of rotatable bonds is 6. The Morgan fingerprint density at radius 2 is 2.22 bits per heavy atom. The molecule has 1 saturated carbocycles. The third-order valence-corrected chi connectivity index (χ3v) is 4.64. The van der Waals surface area contributed by atoms with Crippen LogP contribution in [0, 0.1) is 5.41 Å². The van der Waals surface area contributed by atoms with E-state index in [1.54, 1.807) is 18.6 Å². The Labute approximate surface area is 111 Å². The summed E-state index contributed by atoms with van der Waals surface area (Å²) in [4.78, 5) is 0. The zero-order valence-electron chi connectivity index (χ0n) is 10.6. The third kappa shape index (κ3) is 2.35. The van der Waals surface area contributed by atoms with Crippen LogP contribution in [0.2, 0.25) is 0 Å². The molecule has 1 fully saturated rings. The van der Waals surface area contributed by atoms with Gasteiger partial charge in [0.1, 0.15) is 5.00 Å². The number of methoxy groups -OCH3 is 1. The lowest BCUT2D eigenvalue weighted by Gasteiger charge is -2.15. The minimum absolute atomic E-state index is 0.473. The van der Waals surface area contributed by atoms with Gasteiger partial charge in [-0.2, -0.15) is 4.37 Å². The van der Waals surface area contributed by atoms with E-state index in [9.17, 15) is 0 Å². The molecule has 0 atom stereocenters. The van der Waals surface area contributed by atoms with Gasteiger partial charge in [-0.3, -0.25) is 0 Å². The third-order valence-electron chi connectivity index (χ3n) is 3.80. The predicted octanol–water partition coefficient (Wildman–Crippen LogP) is 3.52. The topological polar surface area (TPSA) is 34.1 Å². The Bertz CT molecular complexity index is 533. The maximum atomic E-state index is 5.19. The number of nitrogens with one attached hydrogen (secondary N) is 1. The molecule has 2 aromatic rings. The fourth-order valence-electron chi connectivity index (χ4n) is 2.30. The standard InChI is InChI=1S/C14H18N2OS/c1-17-9-8-14(6-7-14)10-15-13-11-4-2-3-5-12(11)16-18-13/h2-5,15H,6-10H2,1H3. The second kappa shape index (κ2) is 4.86. The highest BCUT2D eigenvalue weighted by Gasteiger charge is 2.41. The lowest BCUT2D eigenvalue weighted by molar-refractivity contribution is 0.175. The predicted molar refractivity (Wildman–Crippen MR) is 76.3 cm³/mol. The summed E-state index contributed by atoms with van der Waals surface area (Å²) in [5.74, 6) is 0. The van der Waals surface area contributed by atoms with Crippen LogP contribution in [0.15, 0.2) is 24.3 Å². The number of nitrogens with zero attached hydrogens (tertiary/aromatic N) is 1. The van der Waals surface area contributed by atoms with E-state index in [4.69, 9.17) is 4.74 Å². The van der Waals surface area contributed by atoms with Gasteiger partial charge >= 0.3 is 0 Å². The van der Waals surface area contributed by atoms with Crippen molar-refractivity contribution in [3.8, 4) is 0 Å². The van der Waals surface area contributed by atoms with E-state index in [-0.39, 0.29) is 0 Å². The highest BCUT2D eigenvalue weighted by atomic mass is 32.1. The highest BCUT2D eigenvalue weighted by Crippen LogP contribution is 2.49. The first-order valence-corrected chi connectivity index (χ1v) is 7.18. The normalized spacial score (nSPS) is 16.9. The molecule has 1 aromatic heterocycles. The average Bonchev–Trinajstić information content (AvgIpc) is 3.07. The average molecular weight is 262 g/mol. The molecule has 1 aromatic carbocycles. The fourth-order valence-corrected chi connectivity index (χ4v) is 3.05. The Hall–Kier alpha value is -1.13. The summed E-state index contributed by atoms with van der Waals surface area (Å²) < 4.78 is 9.64. The maximum absolute atomic E-state index is 5.19. The summed E-state index contributed by atoms with van der Waals surface area (Å²) in [6, 6.07) is 8.30. The van der Waals surface area contributed by atoms with Crippen LogP contribution < -0.4 is 5.32 Å². The number of hydrogen-bond acceptors (Lipinski definition) is 4. The number of hydrogen-bond donors (Lipinski definition) is 1. The Balaban J connectivity index is 1.66. The van der Waals surface area contributed by atoms with Crippen LogP contribution in [-0.2, 0) is 4.74 Å². The molecule has 0 aliphatic heterocycles.